The Morgan fingerprint density at radius 1 is 1.00 bits per heavy atom. The summed E-state index contributed by atoms with van der Waals surface area (Å²) in [5.74, 6) is 0.699. The van der Waals surface area contributed by atoms with E-state index < -0.39 is 0 Å². The molecule has 0 aromatic heterocycles. The fraction of sp³-hybridized carbons (Fsp3) is 0.333. The molecule has 0 radical (unpaired) electrons. The molecule has 0 saturated heterocycles. The number of aliphatic hydroxyl groups is 1. The summed E-state index contributed by atoms with van der Waals surface area (Å²) in [4.78, 5) is 0. The van der Waals surface area contributed by atoms with Gasteiger partial charge in [-0.1, -0.05) is 42.0 Å². The molecule has 20 heavy (non-hydrogen) atoms. The van der Waals surface area contributed by atoms with E-state index in [4.69, 9.17) is 5.11 Å². The SMILES string of the molecule is Cc1ccc(C2CC(Nc3ccc(CO)cc3)C2)cc1. The molecular weight excluding hydrogens is 246 g/mol. The minimum atomic E-state index is 0.110. The van der Waals surface area contributed by atoms with Crippen molar-refractivity contribution in [2.24, 2.45) is 0 Å². The molecule has 104 valence electrons. The summed E-state index contributed by atoms with van der Waals surface area (Å²) in [5.41, 5.74) is 4.90. The molecular formula is C18H21NO. The Morgan fingerprint density at radius 2 is 1.65 bits per heavy atom. The first kappa shape index (κ1) is 13.2. The highest BCUT2D eigenvalue weighted by molar-refractivity contribution is 5.46. The first-order valence-corrected chi connectivity index (χ1v) is 7.27. The van der Waals surface area contributed by atoms with E-state index in [-0.39, 0.29) is 6.61 Å². The van der Waals surface area contributed by atoms with Gasteiger partial charge in [0.15, 0.2) is 0 Å². The maximum Gasteiger partial charge on any atom is 0.0681 e. The third-order valence-electron chi connectivity index (χ3n) is 4.19. The first-order valence-electron chi connectivity index (χ1n) is 7.27. The van der Waals surface area contributed by atoms with Crippen LogP contribution in [0.2, 0.25) is 0 Å². The number of hydrogen-bond donors (Lipinski definition) is 2. The Morgan fingerprint density at radius 3 is 2.25 bits per heavy atom. The maximum atomic E-state index is 9.03. The lowest BCUT2D eigenvalue weighted by Crippen LogP contribution is -2.33. The van der Waals surface area contributed by atoms with E-state index in [1.54, 1.807) is 0 Å². The lowest BCUT2D eigenvalue weighted by molar-refractivity contribution is 0.282. The predicted molar refractivity (Wildman–Crippen MR) is 82.9 cm³/mol. The van der Waals surface area contributed by atoms with E-state index in [9.17, 15) is 0 Å². The smallest absolute Gasteiger partial charge is 0.0681 e. The summed E-state index contributed by atoms with van der Waals surface area (Å²) < 4.78 is 0. The Kier molecular flexibility index (Phi) is 3.75. The van der Waals surface area contributed by atoms with Gasteiger partial charge >= 0.3 is 0 Å². The fourth-order valence-electron chi connectivity index (χ4n) is 2.79. The van der Waals surface area contributed by atoms with Crippen molar-refractivity contribution in [1.29, 1.82) is 0 Å². The van der Waals surface area contributed by atoms with Crippen molar-refractivity contribution < 1.29 is 5.11 Å². The first-order chi connectivity index (χ1) is 9.74. The Labute approximate surface area is 120 Å². The minimum absolute atomic E-state index is 0.110. The van der Waals surface area contributed by atoms with Crippen LogP contribution in [0, 0.1) is 6.92 Å². The number of benzene rings is 2. The van der Waals surface area contributed by atoms with Crippen molar-refractivity contribution >= 4 is 5.69 Å². The zero-order chi connectivity index (χ0) is 13.9. The third kappa shape index (κ3) is 2.86. The highest BCUT2D eigenvalue weighted by atomic mass is 16.3. The van der Waals surface area contributed by atoms with Gasteiger partial charge in [-0.15, -0.1) is 0 Å². The molecule has 2 nitrogen and oxygen atoms in total. The van der Waals surface area contributed by atoms with E-state index in [0.717, 1.165) is 11.3 Å². The third-order valence-corrected chi connectivity index (χ3v) is 4.19. The highest BCUT2D eigenvalue weighted by Crippen LogP contribution is 2.38. The molecule has 0 aliphatic heterocycles. The van der Waals surface area contributed by atoms with Crippen LogP contribution in [-0.4, -0.2) is 11.1 Å². The fourth-order valence-corrected chi connectivity index (χ4v) is 2.79. The Hall–Kier alpha value is -1.80. The quantitative estimate of drug-likeness (QED) is 0.882. The van der Waals surface area contributed by atoms with Gasteiger partial charge in [0.2, 0.25) is 0 Å². The van der Waals surface area contributed by atoms with Crippen LogP contribution in [-0.2, 0) is 6.61 Å². The van der Waals surface area contributed by atoms with Gasteiger partial charge in [0.25, 0.3) is 0 Å². The monoisotopic (exact) mass is 267 g/mol. The summed E-state index contributed by atoms with van der Waals surface area (Å²) in [5, 5.41) is 12.6. The van der Waals surface area contributed by atoms with Gasteiger partial charge in [-0.3, -0.25) is 0 Å². The van der Waals surface area contributed by atoms with E-state index in [0.29, 0.717) is 12.0 Å². The topological polar surface area (TPSA) is 32.3 Å². The normalized spacial score (nSPS) is 21.3. The van der Waals surface area contributed by atoms with Crippen LogP contribution < -0.4 is 5.32 Å². The van der Waals surface area contributed by atoms with Crippen molar-refractivity contribution in [3.8, 4) is 0 Å². The van der Waals surface area contributed by atoms with Crippen molar-refractivity contribution in [2.75, 3.05) is 5.32 Å². The summed E-state index contributed by atoms with van der Waals surface area (Å²) in [6.45, 7) is 2.24. The van der Waals surface area contributed by atoms with Crippen LogP contribution in [0.3, 0.4) is 0 Å². The number of hydrogen-bond acceptors (Lipinski definition) is 2. The standard InChI is InChI=1S/C18H21NO/c1-13-2-6-15(7-3-13)16-10-18(11-16)19-17-8-4-14(12-20)5-9-17/h2-9,16,18-20H,10-12H2,1H3. The van der Waals surface area contributed by atoms with Gasteiger partial charge in [-0.2, -0.15) is 0 Å². The van der Waals surface area contributed by atoms with Crippen molar-refractivity contribution in [3.63, 3.8) is 0 Å². The molecule has 2 aromatic carbocycles. The van der Waals surface area contributed by atoms with Crippen LogP contribution in [0.25, 0.3) is 0 Å². The summed E-state index contributed by atoms with van der Waals surface area (Å²) in [6.07, 6.45) is 2.40. The molecule has 3 rings (SSSR count). The molecule has 2 aromatic rings. The zero-order valence-electron chi connectivity index (χ0n) is 11.8. The number of aliphatic hydroxyl groups excluding tert-OH is 1. The molecule has 0 amide bonds. The second kappa shape index (κ2) is 5.68. The molecule has 2 N–H and O–H groups in total. The predicted octanol–water partition coefficient (Wildman–Crippen LogP) is 3.85. The summed E-state index contributed by atoms with van der Waals surface area (Å²) in [6, 6.07) is 17.5. The van der Waals surface area contributed by atoms with Crippen molar-refractivity contribution in [3.05, 3.63) is 65.2 Å². The molecule has 0 heterocycles. The van der Waals surface area contributed by atoms with E-state index in [1.165, 1.54) is 24.0 Å². The number of nitrogens with one attached hydrogen (secondary N) is 1. The van der Waals surface area contributed by atoms with Gasteiger partial charge in [-0.25, -0.2) is 0 Å². The van der Waals surface area contributed by atoms with Gasteiger partial charge < -0.3 is 10.4 Å². The van der Waals surface area contributed by atoms with Crippen molar-refractivity contribution in [1.82, 2.24) is 0 Å². The van der Waals surface area contributed by atoms with E-state index >= 15 is 0 Å². The summed E-state index contributed by atoms with van der Waals surface area (Å²) in [7, 11) is 0. The average Bonchev–Trinajstić information content (AvgIpc) is 2.44. The van der Waals surface area contributed by atoms with Gasteiger partial charge in [0, 0.05) is 11.7 Å². The molecule has 0 spiro atoms. The Bertz CT molecular complexity index is 553. The number of rotatable bonds is 4. The van der Waals surface area contributed by atoms with Crippen LogP contribution >= 0.6 is 0 Å². The molecule has 1 aliphatic rings. The molecule has 0 bridgehead atoms. The van der Waals surface area contributed by atoms with Crippen LogP contribution in [0.15, 0.2) is 48.5 Å². The molecule has 1 aliphatic carbocycles. The number of anilines is 1. The zero-order valence-corrected chi connectivity index (χ0v) is 11.8. The second-order valence-corrected chi connectivity index (χ2v) is 5.78. The van der Waals surface area contributed by atoms with Crippen LogP contribution in [0.4, 0.5) is 5.69 Å². The maximum absolute atomic E-state index is 9.03. The molecule has 2 heteroatoms. The van der Waals surface area contributed by atoms with Crippen molar-refractivity contribution in [2.45, 2.75) is 38.3 Å². The average molecular weight is 267 g/mol. The molecule has 1 fully saturated rings. The van der Waals surface area contributed by atoms with Crippen LogP contribution in [0.1, 0.15) is 35.4 Å². The highest BCUT2D eigenvalue weighted by Gasteiger charge is 2.29. The largest absolute Gasteiger partial charge is 0.392 e. The molecule has 0 atom stereocenters. The lowest BCUT2D eigenvalue weighted by Gasteiger charge is -2.37. The second-order valence-electron chi connectivity index (χ2n) is 5.78. The van der Waals surface area contributed by atoms with Gasteiger partial charge in [0.1, 0.15) is 0 Å². The molecule has 0 unspecified atom stereocenters. The van der Waals surface area contributed by atoms with E-state index in [2.05, 4.69) is 36.5 Å². The number of aryl methyl sites for hydroxylation is 1. The summed E-state index contributed by atoms with van der Waals surface area (Å²) >= 11 is 0. The van der Waals surface area contributed by atoms with Crippen LogP contribution in [0.5, 0.6) is 0 Å². The minimum Gasteiger partial charge on any atom is -0.392 e. The molecule has 1 saturated carbocycles. The van der Waals surface area contributed by atoms with E-state index in [1.807, 2.05) is 24.3 Å². The van der Waals surface area contributed by atoms with Gasteiger partial charge in [0.05, 0.1) is 6.61 Å². The Balaban J connectivity index is 1.53. The lowest BCUT2D eigenvalue weighted by atomic mass is 9.75. The van der Waals surface area contributed by atoms with Gasteiger partial charge in [-0.05, 0) is 48.9 Å².